The van der Waals surface area contributed by atoms with Crippen LogP contribution in [0.25, 0.3) is 54.5 Å². The zero-order chi connectivity index (χ0) is 32.8. The van der Waals surface area contributed by atoms with E-state index in [2.05, 4.69) is 133 Å². The molecule has 0 radical (unpaired) electrons. The van der Waals surface area contributed by atoms with Gasteiger partial charge in [0.05, 0.1) is 10.6 Å². The number of hydrogen-bond acceptors (Lipinski definition) is 4. The highest BCUT2D eigenvalue weighted by atomic mass is 31.1. The Hall–Kier alpha value is -5.66. The molecule has 0 atom stereocenters. The van der Waals surface area contributed by atoms with Crippen molar-refractivity contribution in [3.63, 3.8) is 0 Å². The van der Waals surface area contributed by atoms with Crippen molar-refractivity contribution in [3.8, 4) is 10.6 Å². The third-order valence-electron chi connectivity index (χ3n) is 10.3. The summed E-state index contributed by atoms with van der Waals surface area (Å²) in [5.41, 5.74) is 11.2. The highest BCUT2D eigenvalue weighted by molar-refractivity contribution is 7.46. The van der Waals surface area contributed by atoms with Crippen LogP contribution in [0.3, 0.4) is 0 Å². The first-order valence-corrected chi connectivity index (χ1v) is 19.2. The normalized spacial score (nSPS) is 15.6. The molecule has 3 aliphatic rings. The molecule has 2 aromatic heterocycles. The second-order valence-electron chi connectivity index (χ2n) is 12.9. The van der Waals surface area contributed by atoms with Crippen LogP contribution in [0.2, 0.25) is 0 Å². The minimum Gasteiger partial charge on any atom is -0.416 e. The summed E-state index contributed by atoms with van der Waals surface area (Å²) in [6.45, 7) is 0. The van der Waals surface area contributed by atoms with E-state index in [-0.39, 0.29) is 11.8 Å². The van der Waals surface area contributed by atoms with Crippen molar-refractivity contribution >= 4 is 59.9 Å². The minimum absolute atomic E-state index is 0.0551. The average Bonchev–Trinajstić information content (AvgIpc) is 3.45. The van der Waals surface area contributed by atoms with Crippen LogP contribution < -0.4 is 0 Å². The zero-order valence-corrected chi connectivity index (χ0v) is 28.5. The Kier molecular flexibility index (Phi) is 6.16. The lowest BCUT2D eigenvalue weighted by atomic mass is 9.61. The molecule has 0 unspecified atom stereocenters. The summed E-state index contributed by atoms with van der Waals surface area (Å²) in [5.74, 6) is 0.00434. The van der Waals surface area contributed by atoms with Gasteiger partial charge in [0.2, 0.25) is 0 Å². The lowest BCUT2D eigenvalue weighted by Gasteiger charge is -2.43. The van der Waals surface area contributed by atoms with Crippen LogP contribution in [-0.2, 0) is 0 Å². The first-order chi connectivity index (χ1) is 24.8. The van der Waals surface area contributed by atoms with Gasteiger partial charge in [-0.1, -0.05) is 121 Å². The quantitative estimate of drug-likeness (QED) is 0.182. The zero-order valence-electron chi connectivity index (χ0n) is 26.7. The number of fused-ring (bicyclic) bond motifs is 6. The molecule has 4 nitrogen and oxygen atoms in total. The monoisotopic (exact) mass is 682 g/mol. The summed E-state index contributed by atoms with van der Waals surface area (Å²) in [5, 5.41) is 6.37. The van der Waals surface area contributed by atoms with E-state index in [0.717, 1.165) is 54.5 Å². The van der Waals surface area contributed by atoms with Crippen LogP contribution in [0.4, 0.5) is 0 Å². The Morgan fingerprint density at radius 2 is 0.620 bits per heavy atom. The molecule has 0 fully saturated rings. The van der Waals surface area contributed by atoms with Gasteiger partial charge >= 0.3 is 0 Å². The number of rotatable bonds is 2. The third-order valence-corrected chi connectivity index (χ3v) is 13.3. The van der Waals surface area contributed by atoms with Crippen LogP contribution in [0.1, 0.15) is 45.2 Å². The van der Waals surface area contributed by atoms with Gasteiger partial charge in [-0.05, 0) is 69.8 Å². The maximum Gasteiger partial charge on any atom is 0.253 e. The molecule has 0 N–H and O–H groups in total. The summed E-state index contributed by atoms with van der Waals surface area (Å²) in [7, 11) is -3.05. The van der Waals surface area contributed by atoms with E-state index in [0.29, 0.717) is 0 Å². The minimum atomic E-state index is -1.53. The molecule has 2 bridgehead atoms. The molecule has 9 aromatic rings. The molecule has 238 valence electrons. The molecule has 3 aliphatic carbocycles. The predicted molar refractivity (Wildman–Crippen MR) is 204 cm³/mol. The lowest BCUT2D eigenvalue weighted by molar-refractivity contribution is 0.648. The van der Waals surface area contributed by atoms with Crippen molar-refractivity contribution in [2.45, 2.75) is 11.8 Å². The van der Waals surface area contributed by atoms with E-state index in [9.17, 15) is 0 Å². The fourth-order valence-corrected chi connectivity index (χ4v) is 11.4. The van der Waals surface area contributed by atoms with Gasteiger partial charge in [0.15, 0.2) is 0 Å². The van der Waals surface area contributed by atoms with E-state index in [1.165, 1.54) is 33.4 Å². The summed E-state index contributed by atoms with van der Waals surface area (Å²) in [6.07, 6.45) is 0. The fourth-order valence-electron chi connectivity index (χ4n) is 8.25. The summed E-state index contributed by atoms with van der Waals surface area (Å²) in [6, 6.07) is 55.3. The van der Waals surface area contributed by atoms with Crippen molar-refractivity contribution < 1.29 is 16.8 Å². The van der Waals surface area contributed by atoms with Crippen molar-refractivity contribution in [1.82, 2.24) is 0 Å². The maximum absolute atomic E-state index is 6.91. The van der Waals surface area contributed by atoms with E-state index in [1.807, 2.05) is 24.3 Å². The predicted octanol–water partition coefficient (Wildman–Crippen LogP) is 13.9. The fraction of sp³-hybridized carbons (Fsp3) is 0.0455. The Morgan fingerprint density at radius 3 is 1.02 bits per heavy atom. The number of hydrogen-bond donors (Lipinski definition) is 0. The molecule has 0 aliphatic heterocycles. The molecule has 0 spiro atoms. The van der Waals surface area contributed by atoms with Crippen molar-refractivity contribution in [1.29, 1.82) is 0 Å². The Morgan fingerprint density at radius 1 is 0.300 bits per heavy atom. The maximum atomic E-state index is 6.91. The topological polar surface area (TPSA) is 52.6 Å². The highest BCUT2D eigenvalue weighted by Gasteiger charge is 2.44. The van der Waals surface area contributed by atoms with Crippen LogP contribution in [-0.4, -0.2) is 0 Å². The molecular weight excluding hydrogens is 654 g/mol. The molecule has 0 saturated heterocycles. The van der Waals surface area contributed by atoms with E-state index < -0.39 is 16.0 Å². The largest absolute Gasteiger partial charge is 0.416 e. The van der Waals surface area contributed by atoms with E-state index in [4.69, 9.17) is 16.8 Å². The van der Waals surface area contributed by atoms with Crippen LogP contribution in [0.5, 0.6) is 0 Å². The van der Waals surface area contributed by atoms with Crippen molar-refractivity contribution in [3.05, 3.63) is 191 Å². The van der Waals surface area contributed by atoms with Gasteiger partial charge in [-0.3, -0.25) is 0 Å². The Bertz CT molecular complexity index is 2630. The van der Waals surface area contributed by atoms with Gasteiger partial charge in [-0.25, -0.2) is 0 Å². The van der Waals surface area contributed by atoms with E-state index >= 15 is 0 Å². The molecule has 0 amide bonds. The number of para-hydroxylation sites is 4. The van der Waals surface area contributed by atoms with Gasteiger partial charge in [0.1, 0.15) is 22.3 Å². The molecule has 50 heavy (non-hydrogen) atoms. The second kappa shape index (κ2) is 10.9. The molecule has 2 heterocycles. The number of benzene rings is 7. The van der Waals surface area contributed by atoms with Gasteiger partial charge in [0.25, 0.3) is 16.0 Å². The van der Waals surface area contributed by atoms with Gasteiger partial charge < -0.3 is 16.8 Å². The average molecular weight is 683 g/mol. The summed E-state index contributed by atoms with van der Waals surface area (Å²) in [4.78, 5) is 0. The molecule has 12 rings (SSSR count). The van der Waals surface area contributed by atoms with Crippen LogP contribution >= 0.6 is 16.0 Å². The van der Waals surface area contributed by atoms with Gasteiger partial charge in [-0.15, -0.1) is 0 Å². The Labute approximate surface area is 289 Å². The highest BCUT2D eigenvalue weighted by Crippen LogP contribution is 2.63. The van der Waals surface area contributed by atoms with E-state index in [1.54, 1.807) is 0 Å². The smallest absolute Gasteiger partial charge is 0.253 e. The van der Waals surface area contributed by atoms with Crippen LogP contribution in [0.15, 0.2) is 175 Å². The second-order valence-corrected chi connectivity index (χ2v) is 15.6. The van der Waals surface area contributed by atoms with Gasteiger partial charge in [-0.2, -0.15) is 0 Å². The van der Waals surface area contributed by atoms with Crippen LogP contribution in [0, 0.1) is 0 Å². The SMILES string of the molecule is c1ccc2c(c1)C1c3cccc(-p4oc5ccccc5c5ccccc5o4)c3C2c2c1cccc2-p1oc2ccccc2c2ccccc2o1. The van der Waals surface area contributed by atoms with Crippen molar-refractivity contribution in [2.75, 3.05) is 0 Å². The standard InChI is InChI=1S/C44H28O4P2/c1-2-18-32-31(17-1)41-33-19-11-25-39(49-45-35-21-7-3-13-27(35)28-14-4-8-22-36(28)46-49)42(33)44(32)43-34(41)20-12-26-40(43)50-47-37-23-9-5-15-29(37)30-16-6-10-24-38(30)48-50/h1-26,41,44H. The third kappa shape index (κ3) is 4.07. The first kappa shape index (κ1) is 28.2. The summed E-state index contributed by atoms with van der Waals surface area (Å²) < 4.78 is 27.7. The molecule has 0 saturated carbocycles. The van der Waals surface area contributed by atoms with Crippen molar-refractivity contribution in [2.24, 2.45) is 0 Å². The summed E-state index contributed by atoms with van der Waals surface area (Å²) >= 11 is 0. The van der Waals surface area contributed by atoms with Gasteiger partial charge in [0, 0.05) is 33.4 Å². The Balaban J connectivity index is 1.23. The molecule has 7 aromatic carbocycles. The lowest BCUT2D eigenvalue weighted by Crippen LogP contribution is -2.28. The molecular formula is C44H28O4P2. The first-order valence-electron chi connectivity index (χ1n) is 16.9. The molecule has 6 heteroatoms.